The maximum Gasteiger partial charge on any atom is 0.277 e. The van der Waals surface area contributed by atoms with E-state index >= 15 is 0 Å². The number of halogens is 2. The van der Waals surface area contributed by atoms with Gasteiger partial charge in [-0.3, -0.25) is 4.79 Å². The maximum absolute atomic E-state index is 13.3. The van der Waals surface area contributed by atoms with Crippen molar-refractivity contribution in [2.24, 2.45) is 5.10 Å². The highest BCUT2D eigenvalue weighted by molar-refractivity contribution is 9.10. The Morgan fingerprint density at radius 3 is 2.86 bits per heavy atom. The molecule has 1 N–H and O–H groups in total. The smallest absolute Gasteiger partial charge is 0.277 e. The average molecular weight is 351 g/mol. The molecule has 2 rings (SSSR count). The van der Waals surface area contributed by atoms with E-state index < -0.39 is 11.7 Å². The number of amides is 1. The van der Waals surface area contributed by atoms with Crippen molar-refractivity contribution in [2.75, 3.05) is 6.61 Å². The van der Waals surface area contributed by atoms with Gasteiger partial charge < -0.3 is 4.74 Å². The van der Waals surface area contributed by atoms with E-state index in [0.717, 1.165) is 4.47 Å². The molecule has 21 heavy (non-hydrogen) atoms. The lowest BCUT2D eigenvalue weighted by Crippen LogP contribution is -2.24. The van der Waals surface area contributed by atoms with Crippen molar-refractivity contribution < 1.29 is 13.9 Å². The molecule has 0 aliphatic carbocycles. The Labute approximate surface area is 129 Å². The fourth-order valence-electron chi connectivity index (χ4n) is 1.49. The summed E-state index contributed by atoms with van der Waals surface area (Å²) < 4.78 is 19.4. The first kappa shape index (κ1) is 15.2. The van der Waals surface area contributed by atoms with Crippen LogP contribution in [0.25, 0.3) is 0 Å². The molecule has 0 spiro atoms. The van der Waals surface area contributed by atoms with Crippen LogP contribution in [0.1, 0.15) is 5.56 Å². The van der Waals surface area contributed by atoms with E-state index in [0.29, 0.717) is 11.3 Å². The number of benzene rings is 2. The number of nitrogens with one attached hydrogen (secondary N) is 1. The van der Waals surface area contributed by atoms with E-state index in [9.17, 15) is 9.18 Å². The minimum Gasteiger partial charge on any atom is -0.484 e. The number of hydrogen-bond acceptors (Lipinski definition) is 3. The van der Waals surface area contributed by atoms with Gasteiger partial charge in [0.05, 0.1) is 6.21 Å². The molecule has 2 aromatic carbocycles. The number of rotatable bonds is 5. The summed E-state index contributed by atoms with van der Waals surface area (Å²) in [4.78, 5) is 11.5. The lowest BCUT2D eigenvalue weighted by molar-refractivity contribution is -0.123. The first-order valence-corrected chi connectivity index (χ1v) is 6.89. The lowest BCUT2D eigenvalue weighted by Gasteiger charge is -2.05. The highest BCUT2D eigenvalue weighted by atomic mass is 79.9. The summed E-state index contributed by atoms with van der Waals surface area (Å²) >= 11 is 3.30. The Kier molecular flexibility index (Phi) is 5.45. The van der Waals surface area contributed by atoms with Crippen LogP contribution in [-0.2, 0) is 4.79 Å². The molecule has 4 nitrogen and oxygen atoms in total. The molecule has 108 valence electrons. The minimum absolute atomic E-state index is 0.176. The predicted molar refractivity (Wildman–Crippen MR) is 81.8 cm³/mol. The standard InChI is InChI=1S/C15H12BrFN2O2/c16-12-5-3-6-13(8-12)21-10-15(20)19-18-9-11-4-1-2-7-14(11)17/h1-9H,10H2,(H,19,20)/b18-9+. The second kappa shape index (κ2) is 7.54. The SMILES string of the molecule is O=C(COc1cccc(Br)c1)N/N=C/c1ccccc1F. The van der Waals surface area contributed by atoms with E-state index in [1.165, 1.54) is 12.3 Å². The molecule has 0 radical (unpaired) electrons. The van der Waals surface area contributed by atoms with Gasteiger partial charge in [-0.25, -0.2) is 9.82 Å². The molecule has 0 atom stereocenters. The Hall–Kier alpha value is -2.21. The van der Waals surface area contributed by atoms with E-state index in [1.54, 1.807) is 36.4 Å². The van der Waals surface area contributed by atoms with Crippen LogP contribution in [0.4, 0.5) is 4.39 Å². The minimum atomic E-state index is -0.428. The monoisotopic (exact) mass is 350 g/mol. The highest BCUT2D eigenvalue weighted by Crippen LogP contribution is 2.17. The zero-order valence-corrected chi connectivity index (χ0v) is 12.5. The van der Waals surface area contributed by atoms with Gasteiger partial charge in [-0.1, -0.05) is 40.2 Å². The van der Waals surface area contributed by atoms with Crippen LogP contribution in [0.3, 0.4) is 0 Å². The summed E-state index contributed by atoms with van der Waals surface area (Å²) in [5.41, 5.74) is 2.57. The Morgan fingerprint density at radius 2 is 2.10 bits per heavy atom. The molecule has 0 aliphatic heterocycles. The van der Waals surface area contributed by atoms with E-state index in [1.807, 2.05) is 6.07 Å². The second-order valence-corrected chi connectivity index (χ2v) is 4.98. The van der Waals surface area contributed by atoms with E-state index in [-0.39, 0.29) is 6.61 Å². The molecule has 1 amide bonds. The molecule has 2 aromatic rings. The summed E-state index contributed by atoms with van der Waals surface area (Å²) in [5, 5.41) is 3.68. The van der Waals surface area contributed by atoms with Gasteiger partial charge in [-0.2, -0.15) is 5.10 Å². The summed E-state index contributed by atoms with van der Waals surface area (Å²) in [6.45, 7) is -0.176. The highest BCUT2D eigenvalue weighted by Gasteiger charge is 2.02. The van der Waals surface area contributed by atoms with Gasteiger partial charge in [0, 0.05) is 10.0 Å². The number of ether oxygens (including phenoxy) is 1. The zero-order chi connectivity index (χ0) is 15.1. The number of hydrogen-bond donors (Lipinski definition) is 1. The molecule has 0 aliphatic rings. The van der Waals surface area contributed by atoms with E-state index in [4.69, 9.17) is 4.74 Å². The maximum atomic E-state index is 13.3. The van der Waals surface area contributed by atoms with Crippen molar-refractivity contribution in [3.8, 4) is 5.75 Å². The average Bonchev–Trinajstić information content (AvgIpc) is 2.47. The largest absolute Gasteiger partial charge is 0.484 e. The number of nitrogens with zero attached hydrogens (tertiary/aromatic N) is 1. The molecule has 0 heterocycles. The third-order valence-electron chi connectivity index (χ3n) is 2.46. The van der Waals surface area contributed by atoms with Crippen LogP contribution in [-0.4, -0.2) is 18.7 Å². The van der Waals surface area contributed by atoms with Crippen molar-refractivity contribution in [3.05, 3.63) is 64.4 Å². The summed E-state index contributed by atoms with van der Waals surface area (Å²) in [5.74, 6) is -0.263. The van der Waals surface area contributed by atoms with Crippen molar-refractivity contribution in [2.45, 2.75) is 0 Å². The van der Waals surface area contributed by atoms with Crippen molar-refractivity contribution >= 4 is 28.1 Å². The molecular formula is C15H12BrFN2O2. The Bertz CT molecular complexity index is 662. The van der Waals surface area contributed by atoms with Gasteiger partial charge in [0.1, 0.15) is 11.6 Å². The van der Waals surface area contributed by atoms with Gasteiger partial charge in [0.25, 0.3) is 5.91 Å². The number of carbonyl (C=O) groups is 1. The topological polar surface area (TPSA) is 50.7 Å². The Balaban J connectivity index is 1.81. The fourth-order valence-corrected chi connectivity index (χ4v) is 1.87. The zero-order valence-electron chi connectivity index (χ0n) is 10.9. The molecule has 6 heteroatoms. The van der Waals surface area contributed by atoms with Crippen molar-refractivity contribution in [1.29, 1.82) is 0 Å². The summed E-state index contributed by atoms with van der Waals surface area (Å²) in [6, 6.07) is 13.3. The number of hydrazone groups is 1. The third kappa shape index (κ3) is 5.00. The van der Waals surface area contributed by atoms with Crippen LogP contribution in [0, 0.1) is 5.82 Å². The van der Waals surface area contributed by atoms with Crippen LogP contribution >= 0.6 is 15.9 Å². The third-order valence-corrected chi connectivity index (χ3v) is 2.96. The quantitative estimate of drug-likeness (QED) is 0.665. The number of carbonyl (C=O) groups excluding carboxylic acids is 1. The van der Waals surface area contributed by atoms with Crippen molar-refractivity contribution in [1.82, 2.24) is 5.43 Å². The second-order valence-electron chi connectivity index (χ2n) is 4.06. The first-order valence-electron chi connectivity index (χ1n) is 6.10. The predicted octanol–water partition coefficient (Wildman–Crippen LogP) is 3.12. The molecule has 0 unspecified atom stereocenters. The van der Waals surface area contributed by atoms with Crippen LogP contribution < -0.4 is 10.2 Å². The van der Waals surface area contributed by atoms with Crippen LogP contribution in [0.15, 0.2) is 58.1 Å². The van der Waals surface area contributed by atoms with Crippen LogP contribution in [0.5, 0.6) is 5.75 Å². The van der Waals surface area contributed by atoms with Gasteiger partial charge in [0.2, 0.25) is 0 Å². The first-order chi connectivity index (χ1) is 10.1. The van der Waals surface area contributed by atoms with Gasteiger partial charge in [0.15, 0.2) is 6.61 Å². The lowest BCUT2D eigenvalue weighted by atomic mass is 10.2. The summed E-state index contributed by atoms with van der Waals surface area (Å²) in [6.07, 6.45) is 1.24. The van der Waals surface area contributed by atoms with Gasteiger partial charge in [-0.05, 0) is 24.3 Å². The molecule has 0 fully saturated rings. The van der Waals surface area contributed by atoms with Gasteiger partial charge >= 0.3 is 0 Å². The van der Waals surface area contributed by atoms with E-state index in [2.05, 4.69) is 26.5 Å². The normalized spacial score (nSPS) is 10.6. The summed E-state index contributed by atoms with van der Waals surface area (Å²) in [7, 11) is 0. The molecule has 0 bridgehead atoms. The molecule has 0 saturated carbocycles. The Morgan fingerprint density at radius 1 is 1.29 bits per heavy atom. The molecule has 0 aromatic heterocycles. The molecule has 0 saturated heterocycles. The fraction of sp³-hybridized carbons (Fsp3) is 0.0667. The molecular weight excluding hydrogens is 339 g/mol. The van der Waals surface area contributed by atoms with Crippen LogP contribution in [0.2, 0.25) is 0 Å². The van der Waals surface area contributed by atoms with Crippen molar-refractivity contribution in [3.63, 3.8) is 0 Å². The van der Waals surface area contributed by atoms with Gasteiger partial charge in [-0.15, -0.1) is 0 Å².